The number of hydrogen-bond acceptors (Lipinski definition) is 6. The second-order valence-electron chi connectivity index (χ2n) is 7.69. The van der Waals surface area contributed by atoms with Gasteiger partial charge in [-0.2, -0.15) is 0 Å². The number of ketones is 2. The van der Waals surface area contributed by atoms with Gasteiger partial charge in [0.15, 0.2) is 11.6 Å². The minimum atomic E-state index is -0.861. The molecule has 175 valence electrons. The van der Waals surface area contributed by atoms with Crippen molar-refractivity contribution in [3.63, 3.8) is 0 Å². The number of hydrogen-bond donors (Lipinski definition) is 2. The zero-order chi connectivity index (χ0) is 24.8. The second kappa shape index (κ2) is 10.6. The van der Waals surface area contributed by atoms with Crippen LogP contribution in [-0.2, 0) is 0 Å². The Kier molecular flexibility index (Phi) is 7.12. The molecule has 0 bridgehead atoms. The first-order valence-corrected chi connectivity index (χ1v) is 10.9. The van der Waals surface area contributed by atoms with Crippen LogP contribution >= 0.6 is 0 Å². The van der Waals surface area contributed by atoms with E-state index in [0.717, 1.165) is 0 Å². The molecule has 6 nitrogen and oxygen atoms in total. The molecule has 4 rings (SSSR count). The van der Waals surface area contributed by atoms with E-state index in [-0.39, 0.29) is 45.7 Å². The van der Waals surface area contributed by atoms with E-state index in [0.29, 0.717) is 11.1 Å². The normalized spacial score (nSPS) is 10.7. The number of carbonyl (C=O) groups is 2. The van der Waals surface area contributed by atoms with E-state index in [9.17, 15) is 19.8 Å². The van der Waals surface area contributed by atoms with Crippen molar-refractivity contribution in [2.45, 2.75) is 13.2 Å². The number of phenolic OH excluding ortho intramolecular Hbond substituents is 2. The largest absolute Gasteiger partial charge is 0.507 e. The lowest BCUT2D eigenvalue weighted by Gasteiger charge is -2.20. The van der Waals surface area contributed by atoms with Crippen molar-refractivity contribution in [3.05, 3.63) is 126 Å². The summed E-state index contributed by atoms with van der Waals surface area (Å²) in [5.41, 5.74) is 1.25. The first-order valence-electron chi connectivity index (χ1n) is 10.9. The number of carbonyl (C=O) groups excluding carboxylic acids is 2. The molecule has 6 heteroatoms. The molecule has 0 saturated heterocycles. The molecule has 4 aromatic rings. The van der Waals surface area contributed by atoms with E-state index >= 15 is 0 Å². The Hall–Kier alpha value is -4.58. The Bertz CT molecular complexity index is 1230. The number of benzene rings is 4. The average Bonchev–Trinajstić information content (AvgIpc) is 2.89. The van der Waals surface area contributed by atoms with Crippen LogP contribution in [0.4, 0.5) is 0 Å². The maximum Gasteiger partial charge on any atom is 0.244 e. The minimum Gasteiger partial charge on any atom is -0.507 e. The molecule has 0 aliphatic heterocycles. The van der Waals surface area contributed by atoms with Gasteiger partial charge in [-0.05, 0) is 24.3 Å². The van der Waals surface area contributed by atoms with Gasteiger partial charge in [0.25, 0.3) is 0 Å². The van der Waals surface area contributed by atoms with Crippen LogP contribution in [0.25, 0.3) is 0 Å². The second-order valence-corrected chi connectivity index (χ2v) is 7.69. The van der Waals surface area contributed by atoms with Gasteiger partial charge in [-0.15, -0.1) is 0 Å². The van der Waals surface area contributed by atoms with Crippen LogP contribution < -0.4 is 9.47 Å². The summed E-state index contributed by atoms with van der Waals surface area (Å²) in [5, 5.41) is 20.8. The van der Waals surface area contributed by atoms with Crippen molar-refractivity contribution in [3.8, 4) is 23.0 Å². The minimum absolute atomic E-state index is 0.157. The van der Waals surface area contributed by atoms with Crippen molar-refractivity contribution >= 4 is 11.6 Å². The first-order chi connectivity index (χ1) is 17.0. The van der Waals surface area contributed by atoms with E-state index in [1.54, 1.807) is 74.0 Å². The topological polar surface area (TPSA) is 93.1 Å². The molecule has 2 N–H and O–H groups in total. The lowest BCUT2D eigenvalue weighted by molar-refractivity contribution is 0.0336. The molecule has 0 atom stereocenters. The molecular formula is C29H23O6. The van der Waals surface area contributed by atoms with Gasteiger partial charge in [-0.1, -0.05) is 67.6 Å². The Morgan fingerprint density at radius 3 is 1.40 bits per heavy atom. The van der Waals surface area contributed by atoms with Gasteiger partial charge in [0.05, 0.1) is 11.1 Å². The zero-order valence-electron chi connectivity index (χ0n) is 18.9. The molecule has 4 aromatic carbocycles. The van der Waals surface area contributed by atoms with Gasteiger partial charge in [0, 0.05) is 29.7 Å². The Balaban J connectivity index is 1.45. The number of aromatic hydroxyl groups is 2. The van der Waals surface area contributed by atoms with Crippen LogP contribution in [0.2, 0.25) is 0 Å². The van der Waals surface area contributed by atoms with Crippen LogP contribution in [0.3, 0.4) is 0 Å². The van der Waals surface area contributed by atoms with Crippen LogP contribution in [-0.4, -0.2) is 28.1 Å². The lowest BCUT2D eigenvalue weighted by Crippen LogP contribution is -2.23. The molecule has 1 radical (unpaired) electrons. The van der Waals surface area contributed by atoms with Gasteiger partial charge in [0.2, 0.25) is 6.29 Å². The van der Waals surface area contributed by atoms with E-state index in [1.165, 1.54) is 24.3 Å². The quantitative estimate of drug-likeness (QED) is 0.247. The van der Waals surface area contributed by atoms with Crippen molar-refractivity contribution in [1.82, 2.24) is 0 Å². The van der Waals surface area contributed by atoms with E-state index in [4.69, 9.17) is 9.47 Å². The van der Waals surface area contributed by atoms with Crippen LogP contribution in [0.1, 0.15) is 38.8 Å². The standard InChI is InChI=1S/C29H23O6/c1-2-27(34-21-13-15-23(25(30)17-21)28(32)19-9-5-3-6-10-19)35-22-14-16-24(26(31)18-22)29(33)20-11-7-4-8-12-20/h2-18,27,30-31H,1H3. The molecule has 0 fully saturated rings. The maximum atomic E-state index is 12.6. The molecule has 0 aliphatic carbocycles. The van der Waals surface area contributed by atoms with Crippen molar-refractivity contribution in [2.24, 2.45) is 0 Å². The Labute approximate surface area is 203 Å². The fourth-order valence-electron chi connectivity index (χ4n) is 3.47. The SMILES string of the molecule is C[CH]C(Oc1ccc(C(=O)c2ccccc2)c(O)c1)Oc1ccc(C(=O)c2ccccc2)c(O)c1. The smallest absolute Gasteiger partial charge is 0.244 e. The molecule has 35 heavy (non-hydrogen) atoms. The fourth-order valence-corrected chi connectivity index (χ4v) is 3.47. The van der Waals surface area contributed by atoms with Crippen LogP contribution in [0.15, 0.2) is 97.1 Å². The van der Waals surface area contributed by atoms with Gasteiger partial charge in [0.1, 0.15) is 23.0 Å². The molecule has 0 saturated carbocycles. The third kappa shape index (κ3) is 5.50. The van der Waals surface area contributed by atoms with E-state index in [1.807, 2.05) is 12.1 Å². The number of ether oxygens (including phenoxy) is 2. The maximum absolute atomic E-state index is 12.6. The monoisotopic (exact) mass is 467 g/mol. The summed E-state index contributed by atoms with van der Waals surface area (Å²) < 4.78 is 11.6. The number of phenols is 2. The van der Waals surface area contributed by atoms with Crippen LogP contribution in [0, 0.1) is 6.42 Å². The first kappa shape index (κ1) is 23.6. The molecule has 0 aromatic heterocycles. The summed E-state index contributed by atoms with van der Waals surface area (Å²) in [6, 6.07) is 26.1. The molecule has 0 amide bonds. The fraction of sp³-hybridized carbons (Fsp3) is 0.0690. The van der Waals surface area contributed by atoms with Gasteiger partial charge < -0.3 is 19.7 Å². The number of rotatable bonds is 9. The summed E-state index contributed by atoms with van der Waals surface area (Å²) in [6.07, 6.45) is 0.778. The van der Waals surface area contributed by atoms with Crippen molar-refractivity contribution in [1.29, 1.82) is 0 Å². The third-order valence-corrected chi connectivity index (χ3v) is 5.28. The van der Waals surface area contributed by atoms with Gasteiger partial charge in [-0.25, -0.2) is 0 Å². The molecular weight excluding hydrogens is 444 g/mol. The summed E-state index contributed by atoms with van der Waals surface area (Å²) in [4.78, 5) is 25.2. The lowest BCUT2D eigenvalue weighted by atomic mass is 10.0. The summed E-state index contributed by atoms with van der Waals surface area (Å²) in [5.74, 6) is -0.457. The highest BCUT2D eigenvalue weighted by Gasteiger charge is 2.18. The molecule has 0 spiro atoms. The van der Waals surface area contributed by atoms with Crippen LogP contribution in [0.5, 0.6) is 23.0 Å². The molecule has 0 heterocycles. The molecule has 0 aliphatic rings. The highest BCUT2D eigenvalue weighted by molar-refractivity contribution is 6.11. The summed E-state index contributed by atoms with van der Waals surface area (Å²) in [6.45, 7) is 1.73. The molecule has 0 unspecified atom stereocenters. The van der Waals surface area contributed by atoms with Gasteiger partial charge in [-0.3, -0.25) is 9.59 Å². The van der Waals surface area contributed by atoms with Crippen molar-refractivity contribution in [2.75, 3.05) is 0 Å². The highest BCUT2D eigenvalue weighted by atomic mass is 16.7. The van der Waals surface area contributed by atoms with Gasteiger partial charge >= 0.3 is 0 Å². The van der Waals surface area contributed by atoms with E-state index in [2.05, 4.69) is 0 Å². The summed E-state index contributed by atoms with van der Waals surface area (Å²) >= 11 is 0. The Morgan fingerprint density at radius 1 is 0.657 bits per heavy atom. The van der Waals surface area contributed by atoms with E-state index < -0.39 is 6.29 Å². The third-order valence-electron chi connectivity index (χ3n) is 5.28. The highest BCUT2D eigenvalue weighted by Crippen LogP contribution is 2.29. The predicted octanol–water partition coefficient (Wildman–Crippen LogP) is 5.57. The Morgan fingerprint density at radius 2 is 1.06 bits per heavy atom. The van der Waals surface area contributed by atoms with Crippen molar-refractivity contribution < 1.29 is 29.3 Å². The summed E-state index contributed by atoms with van der Waals surface area (Å²) in [7, 11) is 0. The average molecular weight is 467 g/mol. The predicted molar refractivity (Wildman–Crippen MR) is 131 cm³/mol. The zero-order valence-corrected chi connectivity index (χ0v) is 18.9.